The van der Waals surface area contributed by atoms with Crippen LogP contribution < -0.4 is 30.0 Å². The molecule has 0 unspecified atom stereocenters. The molecule has 0 amide bonds. The van der Waals surface area contributed by atoms with E-state index in [1.165, 1.54) is 0 Å². The number of hydrogen-bond acceptors (Lipinski definition) is 7. The number of ether oxygens (including phenoxy) is 4. The van der Waals surface area contributed by atoms with E-state index in [9.17, 15) is 4.79 Å². The number of imidazole rings is 2. The van der Waals surface area contributed by atoms with Crippen LogP contribution in [0.2, 0.25) is 0 Å². The van der Waals surface area contributed by atoms with Gasteiger partial charge in [0.2, 0.25) is 6.79 Å². The highest BCUT2D eigenvalue weighted by Crippen LogP contribution is 2.40. The molecule has 7 rings (SSSR count). The Balaban J connectivity index is 1.39. The summed E-state index contributed by atoms with van der Waals surface area (Å²) in [5.74, 6) is 3.15. The first-order valence-corrected chi connectivity index (χ1v) is 11.1. The highest BCUT2D eigenvalue weighted by atomic mass is 16.7. The minimum absolute atomic E-state index is 0.164. The van der Waals surface area contributed by atoms with Gasteiger partial charge in [-0.25, -0.2) is 9.78 Å². The summed E-state index contributed by atoms with van der Waals surface area (Å²) in [5, 5.41) is 3.35. The Morgan fingerprint density at radius 2 is 1.66 bits per heavy atom. The van der Waals surface area contributed by atoms with Crippen LogP contribution in [0.5, 0.6) is 23.0 Å². The summed E-state index contributed by atoms with van der Waals surface area (Å²) >= 11 is 0. The Hall–Kier alpha value is -4.86. The number of H-pyrrole nitrogens is 2. The second-order valence-corrected chi connectivity index (χ2v) is 8.14. The number of nitrogens with one attached hydrogen (secondary N) is 3. The average Bonchev–Trinajstić information content (AvgIpc) is 3.61. The summed E-state index contributed by atoms with van der Waals surface area (Å²) < 4.78 is 24.0. The number of aromatic nitrogens is 4. The maximum atomic E-state index is 13.3. The van der Waals surface area contributed by atoms with Crippen molar-refractivity contribution < 1.29 is 18.9 Å². The van der Waals surface area contributed by atoms with E-state index in [0.717, 1.165) is 22.3 Å². The minimum Gasteiger partial charge on any atom is -0.486 e. The van der Waals surface area contributed by atoms with Crippen molar-refractivity contribution in [3.05, 3.63) is 71.4 Å². The summed E-state index contributed by atoms with van der Waals surface area (Å²) in [6.45, 7) is 1.17. The van der Waals surface area contributed by atoms with Gasteiger partial charge in [0.1, 0.15) is 19.0 Å². The third kappa shape index (κ3) is 3.26. The molecule has 10 heteroatoms. The number of rotatable bonds is 4. The lowest BCUT2D eigenvalue weighted by molar-refractivity contribution is 0.171. The molecule has 35 heavy (non-hydrogen) atoms. The number of benzene rings is 3. The van der Waals surface area contributed by atoms with Crippen LogP contribution >= 0.6 is 0 Å². The van der Waals surface area contributed by atoms with Crippen LogP contribution in [0.3, 0.4) is 0 Å². The van der Waals surface area contributed by atoms with Crippen LogP contribution in [0.1, 0.15) is 0 Å². The first-order valence-electron chi connectivity index (χ1n) is 11.1. The van der Waals surface area contributed by atoms with E-state index in [-0.39, 0.29) is 12.5 Å². The Bertz CT molecular complexity index is 1650. The number of fused-ring (bicyclic) bond motifs is 3. The van der Waals surface area contributed by atoms with Gasteiger partial charge in [0, 0.05) is 17.3 Å². The minimum atomic E-state index is -0.295. The van der Waals surface area contributed by atoms with Crippen molar-refractivity contribution in [2.75, 3.05) is 25.3 Å². The smallest absolute Gasteiger partial charge is 0.332 e. The van der Waals surface area contributed by atoms with Crippen LogP contribution in [0.4, 0.5) is 11.5 Å². The van der Waals surface area contributed by atoms with Gasteiger partial charge in [-0.15, -0.1) is 0 Å². The molecule has 174 valence electrons. The molecule has 0 aliphatic carbocycles. The van der Waals surface area contributed by atoms with Gasteiger partial charge in [-0.2, -0.15) is 0 Å². The second-order valence-electron chi connectivity index (χ2n) is 8.14. The number of nitrogens with zero attached hydrogens (tertiary/aromatic N) is 2. The molecule has 0 saturated heterocycles. The fourth-order valence-electron chi connectivity index (χ4n) is 4.42. The molecular weight excluding hydrogens is 450 g/mol. The van der Waals surface area contributed by atoms with Gasteiger partial charge in [0.25, 0.3) is 0 Å². The first-order chi connectivity index (χ1) is 17.2. The molecule has 0 radical (unpaired) electrons. The molecule has 2 aliphatic heterocycles. The van der Waals surface area contributed by atoms with Crippen molar-refractivity contribution in [3.63, 3.8) is 0 Å². The summed E-state index contributed by atoms with van der Waals surface area (Å²) in [7, 11) is 0. The largest absolute Gasteiger partial charge is 0.486 e. The molecule has 2 aliphatic rings. The third-order valence-corrected chi connectivity index (χ3v) is 6.01. The van der Waals surface area contributed by atoms with E-state index >= 15 is 0 Å². The Kier molecular flexibility index (Phi) is 4.25. The van der Waals surface area contributed by atoms with Crippen molar-refractivity contribution in [3.8, 4) is 39.9 Å². The zero-order valence-corrected chi connectivity index (χ0v) is 18.3. The molecule has 0 saturated carbocycles. The Morgan fingerprint density at radius 3 is 2.60 bits per heavy atom. The quantitative estimate of drug-likeness (QED) is 0.365. The second kappa shape index (κ2) is 7.59. The van der Waals surface area contributed by atoms with E-state index in [1.807, 2.05) is 54.6 Å². The van der Waals surface area contributed by atoms with Crippen LogP contribution in [-0.2, 0) is 0 Å². The lowest BCUT2D eigenvalue weighted by Crippen LogP contribution is -2.15. The van der Waals surface area contributed by atoms with E-state index in [1.54, 1.807) is 10.9 Å². The zero-order chi connectivity index (χ0) is 23.4. The van der Waals surface area contributed by atoms with Crippen molar-refractivity contribution >= 4 is 22.5 Å². The van der Waals surface area contributed by atoms with Crippen molar-refractivity contribution in [2.45, 2.75) is 0 Å². The van der Waals surface area contributed by atoms with Gasteiger partial charge in [-0.3, -0.25) is 9.55 Å². The maximum absolute atomic E-state index is 13.3. The molecule has 0 spiro atoms. The lowest BCUT2D eigenvalue weighted by Gasteiger charge is -2.19. The van der Waals surface area contributed by atoms with Gasteiger partial charge >= 0.3 is 5.69 Å². The van der Waals surface area contributed by atoms with Gasteiger partial charge in [-0.1, -0.05) is 0 Å². The van der Waals surface area contributed by atoms with Crippen LogP contribution in [0.15, 0.2) is 65.7 Å². The van der Waals surface area contributed by atoms with Crippen molar-refractivity contribution in [1.29, 1.82) is 0 Å². The van der Waals surface area contributed by atoms with Crippen LogP contribution in [-0.4, -0.2) is 39.5 Å². The van der Waals surface area contributed by atoms with E-state index in [0.29, 0.717) is 53.4 Å². The number of anilines is 2. The summed E-state index contributed by atoms with van der Waals surface area (Å²) in [6, 6.07) is 16.8. The summed E-state index contributed by atoms with van der Waals surface area (Å²) in [5.41, 5.74) is 4.20. The first kappa shape index (κ1) is 19.6. The lowest BCUT2D eigenvalue weighted by atomic mass is 10.1. The van der Waals surface area contributed by atoms with E-state index in [4.69, 9.17) is 18.9 Å². The molecular formula is C25H19N5O5. The van der Waals surface area contributed by atoms with Gasteiger partial charge in [0.05, 0.1) is 28.7 Å². The van der Waals surface area contributed by atoms with Crippen LogP contribution in [0, 0.1) is 0 Å². The monoisotopic (exact) mass is 469 g/mol. The van der Waals surface area contributed by atoms with Crippen LogP contribution in [0.25, 0.3) is 28.0 Å². The third-order valence-electron chi connectivity index (χ3n) is 6.01. The molecule has 4 heterocycles. The summed E-state index contributed by atoms with van der Waals surface area (Å²) in [6.07, 6.45) is 1.63. The number of aromatic amines is 2. The van der Waals surface area contributed by atoms with E-state index in [2.05, 4.69) is 20.3 Å². The normalized spacial score (nSPS) is 13.8. The predicted octanol–water partition coefficient (Wildman–Crippen LogP) is 3.95. The van der Waals surface area contributed by atoms with Gasteiger partial charge in [-0.05, 0) is 48.5 Å². The van der Waals surface area contributed by atoms with Gasteiger partial charge < -0.3 is 29.2 Å². The van der Waals surface area contributed by atoms with E-state index < -0.39 is 0 Å². The standard InChI is InChI=1S/C25H19N5O5/c31-25-29-24(28-15-2-6-19-22(10-15)33-8-7-32-19)23(14-1-5-20-21(9-14)35-13-34-20)30(25)16-3-4-17-18(11-16)27-12-26-17/h1-6,9-12,28H,7-8,13H2,(H,26,27)(H,29,31). The zero-order valence-electron chi connectivity index (χ0n) is 18.3. The highest BCUT2D eigenvalue weighted by molar-refractivity contribution is 5.82. The summed E-state index contributed by atoms with van der Waals surface area (Å²) in [4.78, 5) is 23.7. The maximum Gasteiger partial charge on any atom is 0.332 e. The molecule has 3 aromatic carbocycles. The van der Waals surface area contributed by atoms with Crippen molar-refractivity contribution in [1.82, 2.24) is 19.5 Å². The molecule has 0 atom stereocenters. The number of hydrogen-bond donors (Lipinski definition) is 3. The fourth-order valence-corrected chi connectivity index (χ4v) is 4.42. The Morgan fingerprint density at radius 1 is 0.857 bits per heavy atom. The molecule has 3 N–H and O–H groups in total. The molecule has 10 nitrogen and oxygen atoms in total. The molecule has 2 aromatic heterocycles. The van der Waals surface area contributed by atoms with Gasteiger partial charge in [0.15, 0.2) is 23.0 Å². The predicted molar refractivity (Wildman–Crippen MR) is 128 cm³/mol. The fraction of sp³-hybridized carbons (Fsp3) is 0.120. The molecule has 0 fully saturated rings. The molecule has 5 aromatic rings. The average molecular weight is 469 g/mol. The Labute approximate surface area is 198 Å². The SMILES string of the molecule is O=c1[nH]c(Nc2ccc3c(c2)OCCO3)c(-c2ccc3c(c2)OCO3)n1-c1ccc2nc[nH]c2c1. The topological polar surface area (TPSA) is 115 Å². The molecule has 0 bridgehead atoms. The highest BCUT2D eigenvalue weighted by Gasteiger charge is 2.22. The van der Waals surface area contributed by atoms with Crippen molar-refractivity contribution in [2.24, 2.45) is 0 Å².